The molecule has 1 amide bonds. The molecule has 1 fully saturated rings. The van der Waals surface area contributed by atoms with E-state index in [-0.39, 0.29) is 18.5 Å². The minimum Gasteiger partial charge on any atom is -0.497 e. The average Bonchev–Trinajstić information content (AvgIpc) is 3.33. The Kier molecular flexibility index (Phi) is 8.66. The molecule has 0 aliphatic carbocycles. The molecule has 31 heavy (non-hydrogen) atoms. The van der Waals surface area contributed by atoms with Gasteiger partial charge in [-0.25, -0.2) is 4.99 Å². The number of likely N-dealkylation sites (tertiary alicyclic amines) is 1. The van der Waals surface area contributed by atoms with Gasteiger partial charge in [0.1, 0.15) is 12.3 Å². The second-order valence-corrected chi connectivity index (χ2v) is 7.40. The molecule has 1 aromatic carbocycles. The number of hydrogen-bond donors (Lipinski definition) is 3. The topological polar surface area (TPSA) is 90.9 Å². The SMILES string of the molecule is CCNC(=NCC(=O)Nc1cccnc1)NCC(c1cccc(OC)c1)N1CCCC1. The van der Waals surface area contributed by atoms with Gasteiger partial charge in [0.05, 0.1) is 25.0 Å². The van der Waals surface area contributed by atoms with Gasteiger partial charge in [-0.2, -0.15) is 0 Å². The molecule has 0 radical (unpaired) electrons. The van der Waals surface area contributed by atoms with Crippen LogP contribution in [-0.4, -0.2) is 61.6 Å². The normalized spacial score (nSPS) is 15.4. The molecular weight excluding hydrogens is 392 g/mol. The van der Waals surface area contributed by atoms with Crippen molar-refractivity contribution >= 4 is 17.6 Å². The molecule has 2 heterocycles. The van der Waals surface area contributed by atoms with Gasteiger partial charge in [0, 0.05) is 19.3 Å². The van der Waals surface area contributed by atoms with E-state index >= 15 is 0 Å². The van der Waals surface area contributed by atoms with Gasteiger partial charge in [-0.1, -0.05) is 12.1 Å². The molecule has 8 heteroatoms. The summed E-state index contributed by atoms with van der Waals surface area (Å²) in [6.45, 7) is 5.58. The molecule has 3 N–H and O–H groups in total. The maximum atomic E-state index is 12.2. The van der Waals surface area contributed by atoms with Crippen molar-refractivity contribution < 1.29 is 9.53 Å². The number of carbonyl (C=O) groups excluding carboxylic acids is 1. The molecule has 1 unspecified atom stereocenters. The molecule has 8 nitrogen and oxygen atoms in total. The number of guanidine groups is 1. The summed E-state index contributed by atoms with van der Waals surface area (Å²) in [4.78, 5) is 23.2. The molecule has 2 aromatic rings. The number of anilines is 1. The first-order valence-corrected chi connectivity index (χ1v) is 10.8. The summed E-state index contributed by atoms with van der Waals surface area (Å²) in [5.41, 5.74) is 1.87. The van der Waals surface area contributed by atoms with Crippen molar-refractivity contribution in [1.29, 1.82) is 0 Å². The van der Waals surface area contributed by atoms with Gasteiger partial charge < -0.3 is 20.7 Å². The summed E-state index contributed by atoms with van der Waals surface area (Å²) in [5, 5.41) is 9.44. The van der Waals surface area contributed by atoms with Gasteiger partial charge in [-0.3, -0.25) is 14.7 Å². The Hall–Kier alpha value is -3.13. The quantitative estimate of drug-likeness (QED) is 0.423. The van der Waals surface area contributed by atoms with Gasteiger partial charge in [0.25, 0.3) is 0 Å². The Balaban J connectivity index is 1.64. The fourth-order valence-corrected chi connectivity index (χ4v) is 3.68. The molecular formula is C23H32N6O2. The molecule has 0 bridgehead atoms. The van der Waals surface area contributed by atoms with Crippen molar-refractivity contribution in [2.75, 3.05) is 45.2 Å². The van der Waals surface area contributed by atoms with E-state index < -0.39 is 0 Å². The first-order chi connectivity index (χ1) is 15.2. The summed E-state index contributed by atoms with van der Waals surface area (Å²) in [5.74, 6) is 1.29. The van der Waals surface area contributed by atoms with Crippen LogP contribution in [0.2, 0.25) is 0 Å². The van der Waals surface area contributed by atoms with E-state index in [2.05, 4.69) is 43.0 Å². The number of carbonyl (C=O) groups is 1. The predicted molar refractivity (Wildman–Crippen MR) is 123 cm³/mol. The van der Waals surface area contributed by atoms with Crippen LogP contribution in [0.25, 0.3) is 0 Å². The lowest BCUT2D eigenvalue weighted by molar-refractivity contribution is -0.114. The van der Waals surface area contributed by atoms with E-state index in [1.54, 1.807) is 31.6 Å². The van der Waals surface area contributed by atoms with Crippen molar-refractivity contribution in [3.05, 3.63) is 54.4 Å². The highest BCUT2D eigenvalue weighted by Crippen LogP contribution is 2.27. The van der Waals surface area contributed by atoms with Crippen molar-refractivity contribution in [1.82, 2.24) is 20.5 Å². The number of aliphatic imine (C=N–C) groups is 1. The van der Waals surface area contributed by atoms with Crippen LogP contribution in [0.1, 0.15) is 31.4 Å². The Labute approximate surface area is 184 Å². The number of rotatable bonds is 9. The summed E-state index contributed by atoms with van der Waals surface area (Å²) in [6, 6.07) is 12.0. The van der Waals surface area contributed by atoms with Crippen LogP contribution in [0, 0.1) is 0 Å². The molecule has 1 aliphatic rings. The van der Waals surface area contributed by atoms with Crippen LogP contribution in [0.15, 0.2) is 53.8 Å². The summed E-state index contributed by atoms with van der Waals surface area (Å²) < 4.78 is 5.42. The molecule has 3 rings (SSSR count). The van der Waals surface area contributed by atoms with Gasteiger partial charge in [-0.15, -0.1) is 0 Å². The minimum absolute atomic E-state index is 0.0256. The molecule has 0 saturated carbocycles. The highest BCUT2D eigenvalue weighted by molar-refractivity contribution is 5.93. The minimum atomic E-state index is -0.186. The van der Waals surface area contributed by atoms with Crippen LogP contribution in [-0.2, 0) is 4.79 Å². The molecule has 1 aromatic heterocycles. The number of hydrogen-bond acceptors (Lipinski definition) is 5. The second kappa shape index (κ2) is 11.9. The fourth-order valence-electron chi connectivity index (χ4n) is 3.68. The maximum Gasteiger partial charge on any atom is 0.246 e. The lowest BCUT2D eigenvalue weighted by atomic mass is 10.1. The van der Waals surface area contributed by atoms with E-state index in [9.17, 15) is 4.79 Å². The number of nitrogens with one attached hydrogen (secondary N) is 3. The lowest BCUT2D eigenvalue weighted by Crippen LogP contribution is -2.43. The summed E-state index contributed by atoms with van der Waals surface area (Å²) in [7, 11) is 1.69. The summed E-state index contributed by atoms with van der Waals surface area (Å²) >= 11 is 0. The first-order valence-electron chi connectivity index (χ1n) is 10.8. The number of aromatic nitrogens is 1. The van der Waals surface area contributed by atoms with Gasteiger partial charge in [0.15, 0.2) is 5.96 Å². The Morgan fingerprint density at radius 3 is 2.77 bits per heavy atom. The zero-order chi connectivity index (χ0) is 21.9. The van der Waals surface area contributed by atoms with E-state index in [4.69, 9.17) is 4.74 Å². The average molecular weight is 425 g/mol. The number of benzene rings is 1. The van der Waals surface area contributed by atoms with Crippen molar-refractivity contribution in [2.24, 2.45) is 4.99 Å². The number of nitrogens with zero attached hydrogens (tertiary/aromatic N) is 3. The highest BCUT2D eigenvalue weighted by atomic mass is 16.5. The fraction of sp³-hybridized carbons (Fsp3) is 0.435. The third-order valence-corrected chi connectivity index (χ3v) is 5.19. The smallest absolute Gasteiger partial charge is 0.246 e. The second-order valence-electron chi connectivity index (χ2n) is 7.40. The monoisotopic (exact) mass is 424 g/mol. The number of pyridine rings is 1. The zero-order valence-corrected chi connectivity index (χ0v) is 18.3. The Bertz CT molecular complexity index is 852. The standard InChI is InChI=1S/C23H32N6O2/c1-3-25-23(27-17-22(30)28-19-9-7-11-24-15-19)26-16-21(29-12-4-5-13-29)18-8-6-10-20(14-18)31-2/h6-11,14-15,21H,3-5,12-13,16-17H2,1-2H3,(H,28,30)(H2,25,26,27). The number of amides is 1. The van der Waals surface area contributed by atoms with E-state index in [1.165, 1.54) is 18.4 Å². The van der Waals surface area contributed by atoms with Crippen molar-refractivity contribution in [3.63, 3.8) is 0 Å². The zero-order valence-electron chi connectivity index (χ0n) is 18.3. The molecule has 1 atom stereocenters. The van der Waals surface area contributed by atoms with E-state index in [1.807, 2.05) is 19.1 Å². The Morgan fingerprint density at radius 1 is 1.23 bits per heavy atom. The number of ether oxygens (including phenoxy) is 1. The maximum absolute atomic E-state index is 12.2. The van der Waals surface area contributed by atoms with Crippen LogP contribution in [0.4, 0.5) is 5.69 Å². The van der Waals surface area contributed by atoms with Crippen molar-refractivity contribution in [2.45, 2.75) is 25.8 Å². The lowest BCUT2D eigenvalue weighted by Gasteiger charge is -2.29. The first kappa shape index (κ1) is 22.6. The highest BCUT2D eigenvalue weighted by Gasteiger charge is 2.24. The third kappa shape index (κ3) is 6.96. The number of methoxy groups -OCH3 is 1. The van der Waals surface area contributed by atoms with Gasteiger partial charge >= 0.3 is 0 Å². The summed E-state index contributed by atoms with van der Waals surface area (Å²) in [6.07, 6.45) is 5.70. The molecule has 1 aliphatic heterocycles. The van der Waals surface area contributed by atoms with Crippen LogP contribution >= 0.6 is 0 Å². The van der Waals surface area contributed by atoms with Crippen LogP contribution in [0.5, 0.6) is 5.75 Å². The predicted octanol–water partition coefficient (Wildman–Crippen LogP) is 2.42. The van der Waals surface area contributed by atoms with Gasteiger partial charge in [0.2, 0.25) is 5.91 Å². The third-order valence-electron chi connectivity index (χ3n) is 5.19. The Morgan fingerprint density at radius 2 is 2.06 bits per heavy atom. The van der Waals surface area contributed by atoms with E-state index in [0.717, 1.165) is 18.8 Å². The van der Waals surface area contributed by atoms with Crippen molar-refractivity contribution in [3.8, 4) is 5.75 Å². The molecule has 0 spiro atoms. The molecule has 166 valence electrons. The molecule has 1 saturated heterocycles. The van der Waals surface area contributed by atoms with Crippen LogP contribution in [0.3, 0.4) is 0 Å². The largest absolute Gasteiger partial charge is 0.497 e. The van der Waals surface area contributed by atoms with E-state index in [0.29, 0.717) is 24.7 Å². The van der Waals surface area contributed by atoms with Gasteiger partial charge in [-0.05, 0) is 62.7 Å². The van der Waals surface area contributed by atoms with Crippen LogP contribution < -0.4 is 20.7 Å².